The fourth-order valence-electron chi connectivity index (χ4n) is 3.31. The van der Waals surface area contributed by atoms with Gasteiger partial charge in [0.2, 0.25) is 5.91 Å². The Hall–Kier alpha value is -1.36. The summed E-state index contributed by atoms with van der Waals surface area (Å²) >= 11 is 0. The van der Waals surface area contributed by atoms with E-state index in [4.69, 9.17) is 0 Å². The molecular formula is C15H24N4O. The number of carbonyl (C=O) groups is 1. The molecule has 0 radical (unpaired) electrons. The number of hydrogen-bond donors (Lipinski definition) is 1. The van der Waals surface area contributed by atoms with Gasteiger partial charge in [-0.15, -0.1) is 0 Å². The Morgan fingerprint density at radius 3 is 2.90 bits per heavy atom. The minimum Gasteiger partial charge on any atom is -0.343 e. The summed E-state index contributed by atoms with van der Waals surface area (Å²) in [5.74, 6) is 1.35. The van der Waals surface area contributed by atoms with E-state index in [1.807, 2.05) is 11.8 Å². The third-order valence-electron chi connectivity index (χ3n) is 4.44. The zero-order valence-electron chi connectivity index (χ0n) is 12.3. The number of carbonyl (C=O) groups excluding carboxylic acids is 1. The maximum absolute atomic E-state index is 12.3. The molecule has 110 valence electrons. The first-order valence-corrected chi connectivity index (χ1v) is 7.79. The van der Waals surface area contributed by atoms with Crippen molar-refractivity contribution in [2.45, 2.75) is 52.1 Å². The molecule has 1 saturated heterocycles. The summed E-state index contributed by atoms with van der Waals surface area (Å²) in [6.07, 6.45) is 5.23. The van der Waals surface area contributed by atoms with Crippen LogP contribution in [0.3, 0.4) is 0 Å². The SMILES string of the molecule is Cc1nc2c(n1CCC(=O)N1CCCCC1)CCNC2. The van der Waals surface area contributed by atoms with Crippen molar-refractivity contribution in [3.8, 4) is 0 Å². The highest BCUT2D eigenvalue weighted by Crippen LogP contribution is 2.17. The number of aromatic nitrogens is 2. The van der Waals surface area contributed by atoms with Crippen LogP contribution in [0.15, 0.2) is 0 Å². The summed E-state index contributed by atoms with van der Waals surface area (Å²) in [5, 5.41) is 3.35. The Morgan fingerprint density at radius 2 is 2.10 bits per heavy atom. The molecule has 1 amide bonds. The molecule has 1 aromatic heterocycles. The van der Waals surface area contributed by atoms with E-state index in [9.17, 15) is 4.79 Å². The molecule has 0 unspecified atom stereocenters. The van der Waals surface area contributed by atoms with E-state index in [1.54, 1.807) is 0 Å². The summed E-state index contributed by atoms with van der Waals surface area (Å²) in [6.45, 7) is 6.60. The Bertz CT molecular complexity index is 488. The van der Waals surface area contributed by atoms with E-state index in [2.05, 4.69) is 14.9 Å². The second-order valence-electron chi connectivity index (χ2n) is 5.82. The Kier molecular flexibility index (Phi) is 4.05. The molecule has 1 fully saturated rings. The summed E-state index contributed by atoms with van der Waals surface area (Å²) in [4.78, 5) is 18.9. The summed E-state index contributed by atoms with van der Waals surface area (Å²) in [5.41, 5.74) is 2.49. The van der Waals surface area contributed by atoms with Crippen LogP contribution < -0.4 is 5.32 Å². The van der Waals surface area contributed by atoms with E-state index < -0.39 is 0 Å². The van der Waals surface area contributed by atoms with Gasteiger partial charge >= 0.3 is 0 Å². The van der Waals surface area contributed by atoms with Gasteiger partial charge in [0.1, 0.15) is 5.82 Å². The molecule has 0 aliphatic carbocycles. The van der Waals surface area contributed by atoms with Crippen LogP contribution in [0.2, 0.25) is 0 Å². The molecule has 2 aliphatic rings. The number of hydrogen-bond acceptors (Lipinski definition) is 3. The lowest BCUT2D eigenvalue weighted by Crippen LogP contribution is -2.36. The highest BCUT2D eigenvalue weighted by molar-refractivity contribution is 5.76. The molecule has 3 rings (SSSR count). The molecule has 20 heavy (non-hydrogen) atoms. The summed E-state index contributed by atoms with van der Waals surface area (Å²) < 4.78 is 2.25. The van der Waals surface area contributed by atoms with E-state index >= 15 is 0 Å². The molecule has 2 aliphatic heterocycles. The van der Waals surface area contributed by atoms with E-state index in [-0.39, 0.29) is 0 Å². The second-order valence-corrected chi connectivity index (χ2v) is 5.82. The molecule has 5 nitrogen and oxygen atoms in total. The fourth-order valence-corrected chi connectivity index (χ4v) is 3.31. The van der Waals surface area contributed by atoms with Crippen molar-refractivity contribution >= 4 is 5.91 Å². The fraction of sp³-hybridized carbons (Fsp3) is 0.733. The van der Waals surface area contributed by atoms with Gasteiger partial charge in [0.15, 0.2) is 0 Å². The number of rotatable bonds is 3. The van der Waals surface area contributed by atoms with Gasteiger partial charge in [-0.1, -0.05) is 0 Å². The summed E-state index contributed by atoms with van der Waals surface area (Å²) in [6, 6.07) is 0. The van der Waals surface area contributed by atoms with Gasteiger partial charge in [-0.3, -0.25) is 4.79 Å². The lowest BCUT2D eigenvalue weighted by Gasteiger charge is -2.27. The van der Waals surface area contributed by atoms with Crippen molar-refractivity contribution in [1.82, 2.24) is 19.8 Å². The quantitative estimate of drug-likeness (QED) is 0.903. The van der Waals surface area contributed by atoms with Gasteiger partial charge in [0.05, 0.1) is 5.69 Å². The lowest BCUT2D eigenvalue weighted by molar-refractivity contribution is -0.132. The average Bonchev–Trinajstić information content (AvgIpc) is 2.81. The summed E-state index contributed by atoms with van der Waals surface area (Å²) in [7, 11) is 0. The third-order valence-corrected chi connectivity index (χ3v) is 4.44. The first-order valence-electron chi connectivity index (χ1n) is 7.79. The van der Waals surface area contributed by atoms with Crippen LogP contribution in [0.5, 0.6) is 0 Å². The molecule has 0 aromatic carbocycles. The topological polar surface area (TPSA) is 50.2 Å². The first kappa shape index (κ1) is 13.6. The number of nitrogens with one attached hydrogen (secondary N) is 1. The zero-order valence-corrected chi connectivity index (χ0v) is 12.3. The predicted octanol–water partition coefficient (Wildman–Crippen LogP) is 1.24. The first-order chi connectivity index (χ1) is 9.75. The minimum atomic E-state index is 0.306. The van der Waals surface area contributed by atoms with Gasteiger partial charge in [-0.05, 0) is 26.2 Å². The van der Waals surface area contributed by atoms with E-state index in [0.29, 0.717) is 12.3 Å². The average molecular weight is 276 g/mol. The molecule has 5 heteroatoms. The second kappa shape index (κ2) is 5.95. The van der Waals surface area contributed by atoms with Crippen LogP contribution in [-0.4, -0.2) is 40.0 Å². The van der Waals surface area contributed by atoms with Crippen molar-refractivity contribution in [3.05, 3.63) is 17.2 Å². The number of aryl methyl sites for hydroxylation is 1. The number of likely N-dealkylation sites (tertiary alicyclic amines) is 1. The van der Waals surface area contributed by atoms with Crippen LogP contribution in [0, 0.1) is 6.92 Å². The van der Waals surface area contributed by atoms with Crippen LogP contribution in [0.4, 0.5) is 0 Å². The van der Waals surface area contributed by atoms with Crippen molar-refractivity contribution in [2.24, 2.45) is 0 Å². The van der Waals surface area contributed by atoms with Crippen molar-refractivity contribution in [3.63, 3.8) is 0 Å². The molecule has 1 aromatic rings. The number of imidazole rings is 1. The van der Waals surface area contributed by atoms with Crippen molar-refractivity contribution < 1.29 is 4.79 Å². The van der Waals surface area contributed by atoms with E-state index in [1.165, 1.54) is 17.8 Å². The van der Waals surface area contributed by atoms with Crippen LogP contribution >= 0.6 is 0 Å². The van der Waals surface area contributed by atoms with Gasteiger partial charge in [-0.2, -0.15) is 0 Å². The molecule has 0 bridgehead atoms. The Morgan fingerprint density at radius 1 is 1.30 bits per heavy atom. The van der Waals surface area contributed by atoms with Crippen molar-refractivity contribution in [2.75, 3.05) is 19.6 Å². The van der Waals surface area contributed by atoms with E-state index in [0.717, 1.165) is 57.8 Å². The third kappa shape index (κ3) is 2.73. The van der Waals surface area contributed by atoms with Gasteiger partial charge < -0.3 is 14.8 Å². The monoisotopic (exact) mass is 276 g/mol. The lowest BCUT2D eigenvalue weighted by atomic mass is 10.1. The molecule has 0 atom stereocenters. The number of amides is 1. The van der Waals surface area contributed by atoms with Crippen LogP contribution in [-0.2, 0) is 24.3 Å². The van der Waals surface area contributed by atoms with Crippen LogP contribution in [0.1, 0.15) is 42.9 Å². The maximum atomic E-state index is 12.3. The van der Waals surface area contributed by atoms with Crippen LogP contribution in [0.25, 0.3) is 0 Å². The predicted molar refractivity (Wildman–Crippen MR) is 77.4 cm³/mol. The Labute approximate surface area is 120 Å². The minimum absolute atomic E-state index is 0.306. The smallest absolute Gasteiger partial charge is 0.224 e. The molecule has 0 saturated carbocycles. The molecule has 3 heterocycles. The van der Waals surface area contributed by atoms with Crippen molar-refractivity contribution in [1.29, 1.82) is 0 Å². The number of nitrogens with zero attached hydrogens (tertiary/aromatic N) is 3. The standard InChI is InChI=1S/C15H24N4O/c1-12-17-13-11-16-7-5-14(13)19(12)10-6-15(20)18-8-3-2-4-9-18/h16H,2-11H2,1H3. The number of piperidine rings is 1. The molecule has 0 spiro atoms. The maximum Gasteiger partial charge on any atom is 0.224 e. The van der Waals surface area contributed by atoms with Gasteiger partial charge in [0, 0.05) is 51.3 Å². The highest BCUT2D eigenvalue weighted by Gasteiger charge is 2.20. The molecular weight excluding hydrogens is 252 g/mol. The van der Waals surface area contributed by atoms with Gasteiger partial charge in [-0.25, -0.2) is 4.98 Å². The normalized spacial score (nSPS) is 18.9. The number of fused-ring (bicyclic) bond motifs is 1. The van der Waals surface area contributed by atoms with Gasteiger partial charge in [0.25, 0.3) is 0 Å². The largest absolute Gasteiger partial charge is 0.343 e. The highest BCUT2D eigenvalue weighted by atomic mass is 16.2. The Balaban J connectivity index is 1.63. The molecule has 1 N–H and O–H groups in total. The zero-order chi connectivity index (χ0) is 13.9.